The first-order valence-electron chi connectivity index (χ1n) is 5.17. The molecule has 4 nitrogen and oxygen atoms in total. The van der Waals surface area contributed by atoms with Crippen LogP contribution in [-0.4, -0.2) is 41.1 Å². The quantitative estimate of drug-likeness (QED) is 0.671. The van der Waals surface area contributed by atoms with Gasteiger partial charge in [-0.15, -0.1) is 0 Å². The molecule has 0 aromatic rings. The second-order valence-electron chi connectivity index (χ2n) is 4.59. The van der Waals surface area contributed by atoms with Crippen LogP contribution >= 0.6 is 0 Å². The lowest BCUT2D eigenvalue weighted by Crippen LogP contribution is -2.42. The molecule has 0 saturated carbocycles. The number of aliphatic hydroxyl groups is 1. The Bertz CT molecular complexity index is 218. The Balaban J connectivity index is 2.46. The van der Waals surface area contributed by atoms with E-state index in [1.54, 1.807) is 4.90 Å². The molecule has 1 unspecified atom stereocenters. The van der Waals surface area contributed by atoms with E-state index in [0.29, 0.717) is 31.8 Å². The van der Waals surface area contributed by atoms with Gasteiger partial charge in [0.25, 0.3) is 0 Å². The molecule has 14 heavy (non-hydrogen) atoms. The molecule has 1 saturated heterocycles. The Morgan fingerprint density at radius 2 is 2.29 bits per heavy atom. The first kappa shape index (κ1) is 11.5. The van der Waals surface area contributed by atoms with Crippen molar-refractivity contribution in [2.75, 3.05) is 19.6 Å². The lowest BCUT2D eigenvalue weighted by molar-refractivity contribution is -0.131. The molecule has 1 aliphatic heterocycles. The fourth-order valence-corrected chi connectivity index (χ4v) is 1.71. The normalized spacial score (nSPS) is 27.4. The van der Waals surface area contributed by atoms with Crippen molar-refractivity contribution in [3.05, 3.63) is 0 Å². The monoisotopic (exact) mass is 200 g/mol. The fourth-order valence-electron chi connectivity index (χ4n) is 1.71. The number of hydrogen-bond donors (Lipinski definition) is 2. The van der Waals surface area contributed by atoms with E-state index in [-0.39, 0.29) is 12.5 Å². The topological polar surface area (TPSA) is 66.6 Å². The van der Waals surface area contributed by atoms with Gasteiger partial charge in [0, 0.05) is 19.5 Å². The van der Waals surface area contributed by atoms with Crippen molar-refractivity contribution < 1.29 is 9.90 Å². The molecule has 82 valence electrons. The fraction of sp³-hybridized carbons (Fsp3) is 0.900. The molecule has 0 radical (unpaired) electrons. The van der Waals surface area contributed by atoms with Gasteiger partial charge in [0.1, 0.15) is 0 Å². The van der Waals surface area contributed by atoms with Crippen LogP contribution in [0.3, 0.4) is 0 Å². The van der Waals surface area contributed by atoms with Crippen LogP contribution in [0.1, 0.15) is 26.7 Å². The molecular weight excluding hydrogens is 180 g/mol. The van der Waals surface area contributed by atoms with Crippen molar-refractivity contribution >= 4 is 5.91 Å². The Kier molecular flexibility index (Phi) is 3.50. The Labute approximate surface area is 85.1 Å². The molecule has 1 aliphatic rings. The van der Waals surface area contributed by atoms with Crippen LogP contribution in [0, 0.1) is 5.92 Å². The van der Waals surface area contributed by atoms with Gasteiger partial charge in [-0.05, 0) is 12.3 Å². The average Bonchev–Trinajstić information content (AvgIpc) is 2.48. The van der Waals surface area contributed by atoms with Crippen LogP contribution in [0.25, 0.3) is 0 Å². The summed E-state index contributed by atoms with van der Waals surface area (Å²) in [4.78, 5) is 13.3. The number of β-amino-alcohol motifs (C(OH)–C–C–N with tert-alkyl or cyclic N) is 1. The number of carbonyl (C=O) groups excluding carboxylic acids is 1. The summed E-state index contributed by atoms with van der Waals surface area (Å²) in [7, 11) is 0. The van der Waals surface area contributed by atoms with Crippen LogP contribution in [0.5, 0.6) is 0 Å². The summed E-state index contributed by atoms with van der Waals surface area (Å²) in [5.41, 5.74) is 4.60. The number of nitrogens with two attached hydrogens (primary N) is 1. The summed E-state index contributed by atoms with van der Waals surface area (Å²) in [5.74, 6) is 0.499. The molecule has 1 fully saturated rings. The first-order valence-corrected chi connectivity index (χ1v) is 5.17. The van der Waals surface area contributed by atoms with E-state index in [0.717, 1.165) is 0 Å². The number of likely N-dealkylation sites (tertiary alicyclic amines) is 1. The summed E-state index contributed by atoms with van der Waals surface area (Å²) < 4.78 is 0. The van der Waals surface area contributed by atoms with Crippen LogP contribution in [-0.2, 0) is 4.79 Å². The summed E-state index contributed by atoms with van der Waals surface area (Å²) in [6, 6.07) is 0. The van der Waals surface area contributed by atoms with Gasteiger partial charge < -0.3 is 15.7 Å². The first-order chi connectivity index (χ1) is 6.47. The summed E-state index contributed by atoms with van der Waals surface area (Å²) in [6.45, 7) is 5.30. The predicted molar refractivity (Wildman–Crippen MR) is 54.7 cm³/mol. The Hall–Kier alpha value is -0.610. The van der Waals surface area contributed by atoms with Crippen molar-refractivity contribution in [2.45, 2.75) is 32.3 Å². The molecule has 0 spiro atoms. The van der Waals surface area contributed by atoms with E-state index in [1.165, 1.54) is 0 Å². The number of hydrogen-bond acceptors (Lipinski definition) is 3. The maximum atomic E-state index is 11.6. The van der Waals surface area contributed by atoms with E-state index in [9.17, 15) is 9.90 Å². The standard InChI is InChI=1S/C10H20N2O2/c1-8(2)5-9(13)12-4-3-10(14,6-11)7-12/h8,14H,3-7,11H2,1-2H3. The largest absolute Gasteiger partial charge is 0.387 e. The van der Waals surface area contributed by atoms with Crippen LogP contribution < -0.4 is 5.73 Å². The van der Waals surface area contributed by atoms with Gasteiger partial charge in [0.2, 0.25) is 5.91 Å². The molecule has 0 bridgehead atoms. The molecule has 0 aliphatic carbocycles. The van der Waals surface area contributed by atoms with Crippen molar-refractivity contribution in [3.8, 4) is 0 Å². The third-order valence-corrected chi connectivity index (χ3v) is 2.65. The maximum Gasteiger partial charge on any atom is 0.222 e. The van der Waals surface area contributed by atoms with Gasteiger partial charge in [-0.25, -0.2) is 0 Å². The number of amides is 1. The molecule has 3 N–H and O–H groups in total. The van der Waals surface area contributed by atoms with Gasteiger partial charge in [0.05, 0.1) is 12.1 Å². The highest BCUT2D eigenvalue weighted by molar-refractivity contribution is 5.76. The zero-order chi connectivity index (χ0) is 10.8. The third-order valence-electron chi connectivity index (χ3n) is 2.65. The molecular formula is C10H20N2O2. The minimum absolute atomic E-state index is 0.129. The van der Waals surface area contributed by atoms with Gasteiger partial charge in [0.15, 0.2) is 0 Å². The number of rotatable bonds is 3. The maximum absolute atomic E-state index is 11.6. The van der Waals surface area contributed by atoms with Crippen molar-refractivity contribution in [1.29, 1.82) is 0 Å². The number of nitrogens with zero attached hydrogens (tertiary/aromatic N) is 1. The molecule has 1 amide bonds. The zero-order valence-electron chi connectivity index (χ0n) is 8.99. The summed E-state index contributed by atoms with van der Waals surface area (Å²) >= 11 is 0. The van der Waals surface area contributed by atoms with E-state index in [2.05, 4.69) is 0 Å². The van der Waals surface area contributed by atoms with Gasteiger partial charge in [-0.3, -0.25) is 4.79 Å². The van der Waals surface area contributed by atoms with E-state index in [1.807, 2.05) is 13.8 Å². The van der Waals surface area contributed by atoms with Crippen molar-refractivity contribution in [3.63, 3.8) is 0 Å². The molecule has 0 aromatic heterocycles. The van der Waals surface area contributed by atoms with Crippen LogP contribution in [0.15, 0.2) is 0 Å². The summed E-state index contributed by atoms with van der Waals surface area (Å²) in [6.07, 6.45) is 1.16. The molecule has 1 atom stereocenters. The minimum atomic E-state index is -0.841. The van der Waals surface area contributed by atoms with Crippen LogP contribution in [0.2, 0.25) is 0 Å². The molecule has 0 aromatic carbocycles. The third kappa shape index (κ3) is 2.69. The minimum Gasteiger partial charge on any atom is -0.387 e. The molecule has 1 rings (SSSR count). The van der Waals surface area contributed by atoms with E-state index in [4.69, 9.17) is 5.73 Å². The molecule has 1 heterocycles. The van der Waals surface area contributed by atoms with Gasteiger partial charge in [-0.2, -0.15) is 0 Å². The zero-order valence-corrected chi connectivity index (χ0v) is 8.99. The number of carbonyl (C=O) groups is 1. The van der Waals surface area contributed by atoms with Crippen LogP contribution in [0.4, 0.5) is 0 Å². The van der Waals surface area contributed by atoms with Gasteiger partial charge in [-0.1, -0.05) is 13.8 Å². The van der Waals surface area contributed by atoms with Crippen molar-refractivity contribution in [2.24, 2.45) is 11.7 Å². The lowest BCUT2D eigenvalue weighted by atomic mass is 10.0. The highest BCUT2D eigenvalue weighted by Crippen LogP contribution is 2.21. The van der Waals surface area contributed by atoms with E-state index < -0.39 is 5.60 Å². The second-order valence-corrected chi connectivity index (χ2v) is 4.59. The second kappa shape index (κ2) is 4.28. The molecule has 4 heteroatoms. The SMILES string of the molecule is CC(C)CC(=O)N1CCC(O)(CN)C1. The highest BCUT2D eigenvalue weighted by atomic mass is 16.3. The Morgan fingerprint density at radius 1 is 1.64 bits per heavy atom. The summed E-state index contributed by atoms with van der Waals surface area (Å²) in [5, 5.41) is 9.83. The smallest absolute Gasteiger partial charge is 0.222 e. The average molecular weight is 200 g/mol. The van der Waals surface area contributed by atoms with Gasteiger partial charge >= 0.3 is 0 Å². The highest BCUT2D eigenvalue weighted by Gasteiger charge is 2.36. The van der Waals surface area contributed by atoms with E-state index >= 15 is 0 Å². The van der Waals surface area contributed by atoms with Crippen molar-refractivity contribution in [1.82, 2.24) is 4.90 Å². The Morgan fingerprint density at radius 3 is 2.71 bits per heavy atom. The lowest BCUT2D eigenvalue weighted by Gasteiger charge is -2.21. The predicted octanol–water partition coefficient (Wildman–Crippen LogP) is -0.0454.